The van der Waals surface area contributed by atoms with Crippen molar-refractivity contribution in [2.24, 2.45) is 4.99 Å². The molecule has 1 N–H and O–H groups in total. The van der Waals surface area contributed by atoms with Gasteiger partial charge in [0.2, 0.25) is 12.1 Å². The van der Waals surface area contributed by atoms with E-state index in [0.717, 1.165) is 18.4 Å². The van der Waals surface area contributed by atoms with Crippen LogP contribution in [0.4, 0.5) is 0 Å². The van der Waals surface area contributed by atoms with Crippen LogP contribution in [0.5, 0.6) is 0 Å². The quantitative estimate of drug-likeness (QED) is 0.747. The van der Waals surface area contributed by atoms with Crippen molar-refractivity contribution in [2.45, 2.75) is 45.8 Å². The highest BCUT2D eigenvalue weighted by molar-refractivity contribution is 5.87. The molecule has 0 radical (unpaired) electrons. The number of aliphatic imine (C=N–C) groups is 1. The molecule has 0 aliphatic heterocycles. The van der Waals surface area contributed by atoms with Gasteiger partial charge in [0.1, 0.15) is 0 Å². The molecule has 5 nitrogen and oxygen atoms in total. The molecule has 0 saturated carbocycles. The first-order valence-electron chi connectivity index (χ1n) is 7.57. The van der Waals surface area contributed by atoms with E-state index < -0.39 is 6.17 Å². The van der Waals surface area contributed by atoms with Crippen LogP contribution in [0.3, 0.4) is 0 Å². The predicted molar refractivity (Wildman–Crippen MR) is 88.8 cm³/mol. The van der Waals surface area contributed by atoms with Crippen molar-refractivity contribution in [1.29, 1.82) is 0 Å². The first-order valence-corrected chi connectivity index (χ1v) is 7.57. The third-order valence-electron chi connectivity index (χ3n) is 3.35. The molecule has 0 bridgehead atoms. The Morgan fingerprint density at radius 1 is 1.32 bits per heavy atom. The van der Waals surface area contributed by atoms with E-state index in [1.54, 1.807) is 0 Å². The van der Waals surface area contributed by atoms with E-state index in [9.17, 15) is 9.59 Å². The number of carbonyl (C=O) groups excluding carboxylic acids is 2. The summed E-state index contributed by atoms with van der Waals surface area (Å²) in [5.74, 6) is -0.466. The Morgan fingerprint density at radius 2 is 1.95 bits per heavy atom. The van der Waals surface area contributed by atoms with Crippen LogP contribution < -0.4 is 5.32 Å². The van der Waals surface area contributed by atoms with Crippen LogP contribution in [0.25, 0.3) is 0 Å². The number of nitrogens with one attached hydrogen (secondary N) is 1. The lowest BCUT2D eigenvalue weighted by atomic mass is 10.1. The van der Waals surface area contributed by atoms with Crippen LogP contribution in [0.15, 0.2) is 35.3 Å². The number of rotatable bonds is 8. The Morgan fingerprint density at radius 3 is 2.45 bits per heavy atom. The number of amides is 2. The van der Waals surface area contributed by atoms with Gasteiger partial charge in [-0.1, -0.05) is 37.3 Å². The number of benzene rings is 1. The Hall–Kier alpha value is -2.17. The number of hydrogen-bond donors (Lipinski definition) is 1. The lowest BCUT2D eigenvalue weighted by Gasteiger charge is -2.27. The molecule has 22 heavy (non-hydrogen) atoms. The van der Waals surface area contributed by atoms with Crippen molar-refractivity contribution < 1.29 is 9.59 Å². The van der Waals surface area contributed by atoms with Gasteiger partial charge in [-0.2, -0.15) is 0 Å². The smallest absolute Gasteiger partial charge is 0.265 e. The monoisotopic (exact) mass is 303 g/mol. The third-order valence-corrected chi connectivity index (χ3v) is 3.35. The molecule has 1 aromatic rings. The fourth-order valence-electron chi connectivity index (χ4n) is 2.35. The number of nitrogens with zero attached hydrogens (tertiary/aromatic N) is 2. The van der Waals surface area contributed by atoms with Gasteiger partial charge in [0.15, 0.2) is 0 Å². The van der Waals surface area contributed by atoms with Gasteiger partial charge in [0.25, 0.3) is 5.91 Å². The zero-order valence-electron chi connectivity index (χ0n) is 13.6. The molecule has 0 saturated heterocycles. The second-order valence-corrected chi connectivity index (χ2v) is 5.37. The van der Waals surface area contributed by atoms with Gasteiger partial charge >= 0.3 is 0 Å². The molecule has 1 aromatic carbocycles. The minimum Gasteiger partial charge on any atom is -0.350 e. The topological polar surface area (TPSA) is 61.8 Å². The molecular formula is C17H25N3O2. The van der Waals surface area contributed by atoms with Crippen LogP contribution in [0, 0.1) is 0 Å². The average molecular weight is 303 g/mol. The fraction of sp³-hybridized carbons (Fsp3) is 0.471. The minimum atomic E-state index is -0.865. The van der Waals surface area contributed by atoms with Crippen LogP contribution in [0.1, 0.15) is 32.8 Å². The van der Waals surface area contributed by atoms with Crippen LogP contribution in [-0.4, -0.2) is 42.2 Å². The minimum absolute atomic E-state index is 0.0467. The Bertz CT molecular complexity index is 502. The largest absolute Gasteiger partial charge is 0.350 e. The molecule has 2 amide bonds. The first-order chi connectivity index (χ1) is 10.5. The molecule has 2 atom stereocenters. The molecule has 0 fully saturated rings. The second-order valence-electron chi connectivity index (χ2n) is 5.37. The molecule has 5 heteroatoms. The van der Waals surface area contributed by atoms with E-state index in [1.165, 1.54) is 11.8 Å². The molecule has 0 aliphatic rings. The summed E-state index contributed by atoms with van der Waals surface area (Å²) in [7, 11) is 0. The SMILES string of the molecule is C=NC(C(=O)NC(C)Cc1ccccc1)N(CCC)C(C)=O. The third kappa shape index (κ3) is 5.31. The summed E-state index contributed by atoms with van der Waals surface area (Å²) in [6.45, 7) is 9.26. The van der Waals surface area contributed by atoms with Crippen molar-refractivity contribution in [2.75, 3.05) is 6.54 Å². The standard InChI is InChI=1S/C17H25N3O2/c1-5-11-20(14(3)21)16(18-4)17(22)19-13(2)12-15-9-7-6-8-10-15/h6-10,13,16H,4-5,11-12H2,1-3H3,(H,19,22). The summed E-state index contributed by atoms with van der Waals surface area (Å²) in [6.07, 6.45) is 0.624. The highest BCUT2D eigenvalue weighted by Crippen LogP contribution is 2.06. The van der Waals surface area contributed by atoms with Crippen molar-refractivity contribution in [3.05, 3.63) is 35.9 Å². The van der Waals surface area contributed by atoms with E-state index >= 15 is 0 Å². The lowest BCUT2D eigenvalue weighted by Crippen LogP contribution is -2.50. The number of hydrogen-bond acceptors (Lipinski definition) is 3. The zero-order chi connectivity index (χ0) is 16.5. The van der Waals surface area contributed by atoms with Crippen molar-refractivity contribution in [3.8, 4) is 0 Å². The summed E-state index contributed by atoms with van der Waals surface area (Å²) in [4.78, 5) is 29.3. The summed E-state index contributed by atoms with van der Waals surface area (Å²) in [5, 5.41) is 2.91. The summed E-state index contributed by atoms with van der Waals surface area (Å²) < 4.78 is 0. The summed E-state index contributed by atoms with van der Waals surface area (Å²) in [6, 6.07) is 9.89. The summed E-state index contributed by atoms with van der Waals surface area (Å²) in [5.41, 5.74) is 1.15. The van der Waals surface area contributed by atoms with Crippen molar-refractivity contribution in [1.82, 2.24) is 10.2 Å². The second kappa shape index (κ2) is 8.97. The normalized spacial score (nSPS) is 13.0. The van der Waals surface area contributed by atoms with E-state index in [4.69, 9.17) is 0 Å². The Kier molecular flexibility index (Phi) is 7.29. The van der Waals surface area contributed by atoms with Gasteiger partial charge in [-0.05, 0) is 32.0 Å². The van der Waals surface area contributed by atoms with Crippen LogP contribution in [0.2, 0.25) is 0 Å². The van der Waals surface area contributed by atoms with E-state index in [0.29, 0.717) is 6.54 Å². The maximum absolute atomic E-state index is 12.4. The van der Waals surface area contributed by atoms with Crippen molar-refractivity contribution >= 4 is 18.5 Å². The maximum Gasteiger partial charge on any atom is 0.265 e. The summed E-state index contributed by atoms with van der Waals surface area (Å²) >= 11 is 0. The van der Waals surface area contributed by atoms with E-state index in [1.807, 2.05) is 44.2 Å². The van der Waals surface area contributed by atoms with Gasteiger partial charge in [-0.15, -0.1) is 0 Å². The molecule has 120 valence electrons. The highest BCUT2D eigenvalue weighted by atomic mass is 16.2. The molecule has 0 aromatic heterocycles. The molecule has 0 heterocycles. The van der Waals surface area contributed by atoms with Crippen molar-refractivity contribution in [3.63, 3.8) is 0 Å². The van der Waals surface area contributed by atoms with Gasteiger partial charge in [0.05, 0.1) is 0 Å². The first kappa shape index (κ1) is 17.9. The molecule has 0 spiro atoms. The van der Waals surface area contributed by atoms with Gasteiger partial charge in [-0.25, -0.2) is 0 Å². The molecule has 1 rings (SSSR count). The molecule has 0 aliphatic carbocycles. The fourth-order valence-corrected chi connectivity index (χ4v) is 2.35. The van der Waals surface area contributed by atoms with Gasteiger partial charge < -0.3 is 10.2 Å². The Balaban J connectivity index is 2.67. The average Bonchev–Trinajstić information content (AvgIpc) is 2.47. The van der Waals surface area contributed by atoms with E-state index in [2.05, 4.69) is 17.0 Å². The highest BCUT2D eigenvalue weighted by Gasteiger charge is 2.26. The predicted octanol–water partition coefficient (Wildman–Crippen LogP) is 2.02. The number of carbonyl (C=O) groups is 2. The zero-order valence-corrected chi connectivity index (χ0v) is 13.6. The molecular weight excluding hydrogens is 278 g/mol. The lowest BCUT2D eigenvalue weighted by molar-refractivity contribution is -0.138. The Labute approximate surface area is 132 Å². The van der Waals surface area contributed by atoms with Gasteiger partial charge in [0, 0.05) is 19.5 Å². The van der Waals surface area contributed by atoms with Gasteiger partial charge in [-0.3, -0.25) is 14.6 Å². The van der Waals surface area contributed by atoms with Crippen LogP contribution >= 0.6 is 0 Å². The van der Waals surface area contributed by atoms with Crippen LogP contribution in [-0.2, 0) is 16.0 Å². The maximum atomic E-state index is 12.4. The molecule has 2 unspecified atom stereocenters. The van der Waals surface area contributed by atoms with E-state index in [-0.39, 0.29) is 17.9 Å².